The molecule has 0 amide bonds. The van der Waals surface area contributed by atoms with Gasteiger partial charge in [0.1, 0.15) is 0 Å². The first-order valence-electron chi connectivity index (χ1n) is 6.34. The molecule has 0 saturated heterocycles. The number of benzene rings is 1. The number of nitrogens with one attached hydrogen (secondary N) is 2. The Balaban J connectivity index is 1.87. The fraction of sp³-hybridized carbons (Fsp3) is 0.231. The smallest absolute Gasteiger partial charge is 0.212 e. The van der Waals surface area contributed by atoms with Crippen LogP contribution in [0.2, 0.25) is 0 Å². The first-order valence-corrected chi connectivity index (χ1v) is 8.38. The lowest BCUT2D eigenvalue weighted by Gasteiger charge is -2.07. The van der Waals surface area contributed by atoms with Crippen molar-refractivity contribution < 1.29 is 4.79 Å². The third kappa shape index (κ3) is 5.41. The van der Waals surface area contributed by atoms with Gasteiger partial charge in [-0.05, 0) is 42.5 Å². The second-order valence-electron chi connectivity index (χ2n) is 4.04. The van der Waals surface area contributed by atoms with Crippen molar-refractivity contribution in [3.63, 3.8) is 0 Å². The van der Waals surface area contributed by atoms with Crippen LogP contribution in [0.4, 0.5) is 10.8 Å². The average Bonchev–Trinajstić information content (AvgIpc) is 2.87. The topological polar surface area (TPSA) is 66.9 Å². The summed E-state index contributed by atoms with van der Waals surface area (Å²) in [4.78, 5) is 11.5. The Morgan fingerprint density at radius 2 is 2.05 bits per heavy atom. The van der Waals surface area contributed by atoms with Crippen LogP contribution >= 0.6 is 35.3 Å². The maximum absolute atomic E-state index is 11.5. The number of anilines is 2. The van der Waals surface area contributed by atoms with E-state index >= 15 is 0 Å². The number of carbonyl (C=O) groups excluding carboxylic acids is 1. The van der Waals surface area contributed by atoms with E-state index in [1.54, 1.807) is 0 Å². The molecule has 0 unspecified atom stereocenters. The molecule has 2 rings (SSSR count). The number of nitrogens with zero attached hydrogens (tertiary/aromatic N) is 2. The molecule has 0 spiro atoms. The van der Waals surface area contributed by atoms with E-state index in [9.17, 15) is 4.79 Å². The molecule has 2 N–H and O–H groups in total. The number of rotatable bonds is 5. The molecular weight excluding hydrogens is 324 g/mol. The van der Waals surface area contributed by atoms with E-state index in [4.69, 9.17) is 12.2 Å². The SMILES string of the molecule is CCCC(=O)Sc1nnc(NC(=S)Nc2ccccc2)s1. The molecule has 0 saturated carbocycles. The number of hydrogen-bond acceptors (Lipinski definition) is 6. The molecule has 110 valence electrons. The standard InChI is InChI=1S/C13H14N4OS3/c1-2-6-10(18)20-13-17-16-12(21-13)15-11(19)14-9-7-4-3-5-8-9/h3-5,7-8H,2,6H2,1H3,(H2,14,15,16,19). The van der Waals surface area contributed by atoms with Gasteiger partial charge in [0.15, 0.2) is 14.6 Å². The second kappa shape index (κ2) is 8.06. The van der Waals surface area contributed by atoms with Gasteiger partial charge in [0.2, 0.25) is 5.13 Å². The predicted octanol–water partition coefficient (Wildman–Crippen LogP) is 3.77. The fourth-order valence-corrected chi connectivity index (χ4v) is 3.46. The van der Waals surface area contributed by atoms with Crippen LogP contribution in [-0.2, 0) is 4.79 Å². The molecule has 8 heteroatoms. The van der Waals surface area contributed by atoms with Gasteiger partial charge in [0.25, 0.3) is 0 Å². The molecule has 1 aromatic carbocycles. The molecule has 0 bridgehead atoms. The van der Waals surface area contributed by atoms with Gasteiger partial charge in [-0.1, -0.05) is 36.5 Å². The molecule has 2 aromatic rings. The summed E-state index contributed by atoms with van der Waals surface area (Å²) in [6, 6.07) is 9.61. The molecule has 5 nitrogen and oxygen atoms in total. The van der Waals surface area contributed by atoms with E-state index in [2.05, 4.69) is 20.8 Å². The third-order valence-corrected chi connectivity index (χ3v) is 4.34. The van der Waals surface area contributed by atoms with Crippen LogP contribution in [0.3, 0.4) is 0 Å². The van der Waals surface area contributed by atoms with Crippen molar-refractivity contribution >= 4 is 56.4 Å². The number of carbonyl (C=O) groups is 1. The lowest BCUT2D eigenvalue weighted by atomic mass is 10.3. The van der Waals surface area contributed by atoms with Crippen LogP contribution < -0.4 is 10.6 Å². The first kappa shape index (κ1) is 15.9. The number of thiocarbonyl (C=S) groups is 1. The third-order valence-electron chi connectivity index (χ3n) is 2.31. The highest BCUT2D eigenvalue weighted by Crippen LogP contribution is 2.27. The first-order chi connectivity index (χ1) is 10.2. The minimum absolute atomic E-state index is 0.102. The molecule has 0 aliphatic heterocycles. The van der Waals surface area contributed by atoms with E-state index < -0.39 is 0 Å². The molecule has 1 aromatic heterocycles. The van der Waals surface area contributed by atoms with E-state index in [1.807, 2.05) is 37.3 Å². The maximum Gasteiger partial charge on any atom is 0.212 e. The van der Waals surface area contributed by atoms with Crippen molar-refractivity contribution in [2.45, 2.75) is 24.1 Å². The van der Waals surface area contributed by atoms with Crippen molar-refractivity contribution in [1.29, 1.82) is 0 Å². The Labute approximate surface area is 136 Å². The number of thioether (sulfide) groups is 1. The van der Waals surface area contributed by atoms with E-state index in [0.717, 1.165) is 23.9 Å². The Morgan fingerprint density at radius 1 is 1.29 bits per heavy atom. The van der Waals surface area contributed by atoms with Gasteiger partial charge in [0, 0.05) is 12.1 Å². The zero-order valence-electron chi connectivity index (χ0n) is 11.3. The number of para-hydroxylation sites is 1. The second-order valence-corrected chi connectivity index (χ2v) is 6.73. The highest BCUT2D eigenvalue weighted by molar-refractivity contribution is 8.14. The predicted molar refractivity (Wildman–Crippen MR) is 92.0 cm³/mol. The van der Waals surface area contributed by atoms with Gasteiger partial charge < -0.3 is 10.6 Å². The summed E-state index contributed by atoms with van der Waals surface area (Å²) >= 11 is 7.63. The Bertz CT molecular complexity index is 615. The molecule has 0 atom stereocenters. The average molecular weight is 338 g/mol. The molecule has 0 aliphatic carbocycles. The molecular formula is C13H14N4OS3. The summed E-state index contributed by atoms with van der Waals surface area (Å²) in [5.74, 6) is 0. The maximum atomic E-state index is 11.5. The summed E-state index contributed by atoms with van der Waals surface area (Å²) in [6.07, 6.45) is 1.38. The van der Waals surface area contributed by atoms with Crippen molar-refractivity contribution in [2.24, 2.45) is 0 Å². The Kier molecular flexibility index (Phi) is 6.09. The molecule has 1 heterocycles. The zero-order chi connectivity index (χ0) is 15.1. The van der Waals surface area contributed by atoms with Gasteiger partial charge in [-0.25, -0.2) is 0 Å². The largest absolute Gasteiger partial charge is 0.332 e. The van der Waals surface area contributed by atoms with Crippen LogP contribution in [0.1, 0.15) is 19.8 Å². The van der Waals surface area contributed by atoms with E-state index in [0.29, 0.717) is 21.0 Å². The van der Waals surface area contributed by atoms with Gasteiger partial charge >= 0.3 is 0 Å². The molecule has 21 heavy (non-hydrogen) atoms. The Hall–Kier alpha value is -1.51. The quantitative estimate of drug-likeness (QED) is 0.635. The lowest BCUT2D eigenvalue weighted by Crippen LogP contribution is -2.18. The van der Waals surface area contributed by atoms with Gasteiger partial charge in [-0.3, -0.25) is 4.79 Å². The number of aromatic nitrogens is 2. The highest BCUT2D eigenvalue weighted by atomic mass is 32.2. The van der Waals surface area contributed by atoms with E-state index in [-0.39, 0.29) is 5.12 Å². The van der Waals surface area contributed by atoms with Gasteiger partial charge in [-0.15, -0.1) is 10.2 Å². The molecule has 0 aliphatic rings. The van der Waals surface area contributed by atoms with Crippen LogP contribution in [0.5, 0.6) is 0 Å². The van der Waals surface area contributed by atoms with Crippen LogP contribution in [0.15, 0.2) is 34.7 Å². The normalized spacial score (nSPS) is 10.1. The van der Waals surface area contributed by atoms with Crippen LogP contribution in [0.25, 0.3) is 0 Å². The van der Waals surface area contributed by atoms with Crippen molar-refractivity contribution in [3.05, 3.63) is 30.3 Å². The number of hydrogen-bond donors (Lipinski definition) is 2. The van der Waals surface area contributed by atoms with Crippen molar-refractivity contribution in [3.8, 4) is 0 Å². The lowest BCUT2D eigenvalue weighted by molar-refractivity contribution is -0.111. The summed E-state index contributed by atoms with van der Waals surface area (Å²) in [5.41, 5.74) is 0.896. The zero-order valence-corrected chi connectivity index (χ0v) is 13.8. The Morgan fingerprint density at radius 3 is 2.76 bits per heavy atom. The summed E-state index contributed by atoms with van der Waals surface area (Å²) < 4.78 is 0.624. The summed E-state index contributed by atoms with van der Waals surface area (Å²) in [7, 11) is 0. The summed E-state index contributed by atoms with van der Waals surface area (Å²) in [6.45, 7) is 1.97. The summed E-state index contributed by atoms with van der Waals surface area (Å²) in [5, 5.41) is 15.0. The van der Waals surface area contributed by atoms with Crippen molar-refractivity contribution in [1.82, 2.24) is 10.2 Å². The monoisotopic (exact) mass is 338 g/mol. The molecule has 0 fully saturated rings. The van der Waals surface area contributed by atoms with E-state index in [1.165, 1.54) is 11.3 Å². The highest BCUT2D eigenvalue weighted by Gasteiger charge is 2.10. The van der Waals surface area contributed by atoms with Crippen LogP contribution in [0, 0.1) is 0 Å². The van der Waals surface area contributed by atoms with Gasteiger partial charge in [-0.2, -0.15) is 0 Å². The van der Waals surface area contributed by atoms with Crippen molar-refractivity contribution in [2.75, 3.05) is 10.6 Å². The minimum atomic E-state index is 0.102. The minimum Gasteiger partial charge on any atom is -0.332 e. The fourth-order valence-electron chi connectivity index (χ4n) is 1.44. The van der Waals surface area contributed by atoms with Crippen LogP contribution in [-0.4, -0.2) is 20.4 Å². The van der Waals surface area contributed by atoms with Gasteiger partial charge in [0.05, 0.1) is 0 Å². The molecule has 0 radical (unpaired) electrons.